The van der Waals surface area contributed by atoms with E-state index in [1.165, 1.54) is 19.3 Å². The topological polar surface area (TPSA) is 38.3 Å². The van der Waals surface area contributed by atoms with Gasteiger partial charge in [-0.15, -0.1) is 6.58 Å². The first-order valence-corrected chi connectivity index (χ1v) is 6.78. The highest BCUT2D eigenvalue weighted by Gasteiger charge is 2.38. The van der Waals surface area contributed by atoms with Crippen molar-refractivity contribution in [2.24, 2.45) is 0 Å². The fourth-order valence-corrected chi connectivity index (χ4v) is 2.50. The summed E-state index contributed by atoms with van der Waals surface area (Å²) < 4.78 is 5.24. The third-order valence-corrected chi connectivity index (χ3v) is 3.46. The number of esters is 1. The summed E-state index contributed by atoms with van der Waals surface area (Å²) in [5.74, 6) is -0.0799. The zero-order chi connectivity index (χ0) is 12.6. The van der Waals surface area contributed by atoms with E-state index in [1.807, 2.05) is 6.92 Å². The Labute approximate surface area is 105 Å². The van der Waals surface area contributed by atoms with Crippen molar-refractivity contribution >= 4 is 5.97 Å². The van der Waals surface area contributed by atoms with Gasteiger partial charge in [0.05, 0.1) is 6.61 Å². The van der Waals surface area contributed by atoms with Gasteiger partial charge in [-0.05, 0) is 19.8 Å². The smallest absolute Gasteiger partial charge is 0.326 e. The summed E-state index contributed by atoms with van der Waals surface area (Å²) in [4.78, 5) is 12.2. The highest BCUT2D eigenvalue weighted by molar-refractivity contribution is 5.80. The van der Waals surface area contributed by atoms with Crippen molar-refractivity contribution in [2.45, 2.75) is 57.4 Å². The fourth-order valence-electron chi connectivity index (χ4n) is 2.50. The predicted octanol–water partition coefficient (Wildman–Crippen LogP) is 2.81. The predicted molar refractivity (Wildman–Crippen MR) is 69.9 cm³/mol. The van der Waals surface area contributed by atoms with Crippen LogP contribution in [0.25, 0.3) is 0 Å². The van der Waals surface area contributed by atoms with Crippen LogP contribution in [0.15, 0.2) is 12.7 Å². The zero-order valence-electron chi connectivity index (χ0n) is 11.0. The van der Waals surface area contributed by atoms with Gasteiger partial charge in [-0.25, -0.2) is 0 Å². The van der Waals surface area contributed by atoms with Crippen LogP contribution >= 0.6 is 0 Å². The van der Waals surface area contributed by atoms with Crippen LogP contribution in [0.1, 0.15) is 51.9 Å². The summed E-state index contributed by atoms with van der Waals surface area (Å²) in [5.41, 5.74) is -0.468. The van der Waals surface area contributed by atoms with Crippen molar-refractivity contribution in [1.29, 1.82) is 0 Å². The minimum atomic E-state index is -0.468. The standard InChI is InChI=1S/C14H25NO2/c1-3-12-15-14(13(16)17-4-2)10-8-6-5-7-9-11-14/h3,15H,1,4-12H2,2H3. The Kier molecular flexibility index (Phi) is 6.27. The lowest BCUT2D eigenvalue weighted by Crippen LogP contribution is -2.53. The molecule has 0 atom stereocenters. The van der Waals surface area contributed by atoms with E-state index in [4.69, 9.17) is 4.74 Å². The van der Waals surface area contributed by atoms with Crippen molar-refractivity contribution in [1.82, 2.24) is 5.32 Å². The summed E-state index contributed by atoms with van der Waals surface area (Å²) in [7, 11) is 0. The second-order valence-corrected chi connectivity index (χ2v) is 4.74. The van der Waals surface area contributed by atoms with Gasteiger partial charge >= 0.3 is 5.97 Å². The van der Waals surface area contributed by atoms with E-state index in [1.54, 1.807) is 6.08 Å². The van der Waals surface area contributed by atoms with E-state index in [0.29, 0.717) is 13.2 Å². The molecule has 1 fully saturated rings. The van der Waals surface area contributed by atoms with Gasteiger partial charge in [0.2, 0.25) is 0 Å². The van der Waals surface area contributed by atoms with E-state index < -0.39 is 5.54 Å². The summed E-state index contributed by atoms with van der Waals surface area (Å²) in [6.45, 7) is 6.69. The lowest BCUT2D eigenvalue weighted by molar-refractivity contribution is -0.152. The molecule has 1 N–H and O–H groups in total. The van der Waals surface area contributed by atoms with Gasteiger partial charge in [0.1, 0.15) is 5.54 Å². The Bertz CT molecular complexity index is 243. The molecule has 0 radical (unpaired) electrons. The van der Waals surface area contributed by atoms with Crippen molar-refractivity contribution in [3.8, 4) is 0 Å². The van der Waals surface area contributed by atoms with Crippen LogP contribution in [0.3, 0.4) is 0 Å². The van der Waals surface area contributed by atoms with E-state index >= 15 is 0 Å². The maximum absolute atomic E-state index is 12.2. The molecule has 0 saturated heterocycles. The number of rotatable bonds is 5. The molecule has 17 heavy (non-hydrogen) atoms. The number of hydrogen-bond donors (Lipinski definition) is 1. The van der Waals surface area contributed by atoms with E-state index in [9.17, 15) is 4.79 Å². The SMILES string of the molecule is C=CCNC1(C(=O)OCC)CCCCCCC1. The van der Waals surface area contributed by atoms with Crippen LogP contribution in [0, 0.1) is 0 Å². The first kappa shape index (κ1) is 14.2. The molecule has 1 aliphatic rings. The molecule has 0 aromatic carbocycles. The first-order valence-electron chi connectivity index (χ1n) is 6.78. The third-order valence-electron chi connectivity index (χ3n) is 3.46. The molecule has 0 heterocycles. The third kappa shape index (κ3) is 4.15. The highest BCUT2D eigenvalue weighted by Crippen LogP contribution is 2.27. The number of nitrogens with one attached hydrogen (secondary N) is 1. The van der Waals surface area contributed by atoms with Crippen molar-refractivity contribution in [3.63, 3.8) is 0 Å². The van der Waals surface area contributed by atoms with Gasteiger partial charge in [0, 0.05) is 6.54 Å². The molecule has 1 aliphatic carbocycles. The van der Waals surface area contributed by atoms with Crippen LogP contribution < -0.4 is 5.32 Å². The van der Waals surface area contributed by atoms with Gasteiger partial charge < -0.3 is 4.74 Å². The van der Waals surface area contributed by atoms with Gasteiger partial charge in [0.25, 0.3) is 0 Å². The molecular formula is C14H25NO2. The molecule has 1 saturated carbocycles. The van der Waals surface area contributed by atoms with Crippen molar-refractivity contribution < 1.29 is 9.53 Å². The molecule has 98 valence electrons. The van der Waals surface area contributed by atoms with Crippen LogP contribution in [-0.4, -0.2) is 24.7 Å². The molecule has 0 bridgehead atoms. The number of hydrogen-bond acceptors (Lipinski definition) is 3. The number of carbonyl (C=O) groups is 1. The summed E-state index contributed by atoms with van der Waals surface area (Å²) >= 11 is 0. The Morgan fingerprint density at radius 1 is 1.29 bits per heavy atom. The monoisotopic (exact) mass is 239 g/mol. The average Bonchev–Trinajstić information content (AvgIpc) is 2.28. The van der Waals surface area contributed by atoms with Gasteiger partial charge in [-0.1, -0.05) is 38.2 Å². The molecule has 0 aromatic heterocycles. The summed E-state index contributed by atoms with van der Waals surface area (Å²) in [6, 6.07) is 0. The highest BCUT2D eigenvalue weighted by atomic mass is 16.5. The van der Waals surface area contributed by atoms with Crippen LogP contribution in [-0.2, 0) is 9.53 Å². The molecule has 0 aromatic rings. The zero-order valence-corrected chi connectivity index (χ0v) is 11.0. The molecule has 0 amide bonds. The summed E-state index contributed by atoms with van der Waals surface area (Å²) in [5, 5.41) is 3.34. The molecule has 0 unspecified atom stereocenters. The normalized spacial score (nSPS) is 20.1. The lowest BCUT2D eigenvalue weighted by atomic mass is 9.84. The molecular weight excluding hydrogens is 214 g/mol. The quantitative estimate of drug-likeness (QED) is 0.592. The average molecular weight is 239 g/mol. The Morgan fingerprint density at radius 3 is 2.41 bits per heavy atom. The van der Waals surface area contributed by atoms with Crippen molar-refractivity contribution in [3.05, 3.63) is 12.7 Å². The van der Waals surface area contributed by atoms with Crippen molar-refractivity contribution in [2.75, 3.05) is 13.2 Å². The van der Waals surface area contributed by atoms with Gasteiger partial charge in [-0.3, -0.25) is 10.1 Å². The Hall–Kier alpha value is -0.830. The van der Waals surface area contributed by atoms with Gasteiger partial charge in [0.15, 0.2) is 0 Å². The Morgan fingerprint density at radius 2 is 1.88 bits per heavy atom. The second kappa shape index (κ2) is 7.49. The maximum Gasteiger partial charge on any atom is 0.326 e. The van der Waals surface area contributed by atoms with E-state index in [-0.39, 0.29) is 5.97 Å². The molecule has 1 rings (SSSR count). The van der Waals surface area contributed by atoms with E-state index in [2.05, 4.69) is 11.9 Å². The molecule has 3 heteroatoms. The summed E-state index contributed by atoms with van der Waals surface area (Å²) in [6.07, 6.45) is 9.51. The fraction of sp³-hybridized carbons (Fsp3) is 0.786. The minimum absolute atomic E-state index is 0.0799. The lowest BCUT2D eigenvalue weighted by Gasteiger charge is -2.33. The minimum Gasteiger partial charge on any atom is -0.465 e. The van der Waals surface area contributed by atoms with Crippen LogP contribution in [0.2, 0.25) is 0 Å². The van der Waals surface area contributed by atoms with E-state index in [0.717, 1.165) is 25.7 Å². The number of carbonyl (C=O) groups excluding carboxylic acids is 1. The number of ether oxygens (including phenoxy) is 1. The Balaban J connectivity index is 2.72. The largest absolute Gasteiger partial charge is 0.465 e. The van der Waals surface area contributed by atoms with Crippen LogP contribution in [0.5, 0.6) is 0 Å². The second-order valence-electron chi connectivity index (χ2n) is 4.74. The van der Waals surface area contributed by atoms with Gasteiger partial charge in [-0.2, -0.15) is 0 Å². The first-order chi connectivity index (χ1) is 8.25. The molecule has 0 spiro atoms. The molecule has 0 aliphatic heterocycles. The molecule has 3 nitrogen and oxygen atoms in total. The van der Waals surface area contributed by atoms with Crippen LogP contribution in [0.4, 0.5) is 0 Å². The maximum atomic E-state index is 12.2.